The summed E-state index contributed by atoms with van der Waals surface area (Å²) in [5, 5.41) is 2.78. The monoisotopic (exact) mass is 413 g/mol. The highest BCUT2D eigenvalue weighted by molar-refractivity contribution is 5.95. The van der Waals surface area contributed by atoms with Crippen LogP contribution in [0.3, 0.4) is 0 Å². The minimum absolute atomic E-state index is 0.253. The van der Waals surface area contributed by atoms with Crippen LogP contribution in [0.2, 0.25) is 0 Å². The zero-order chi connectivity index (χ0) is 22.1. The summed E-state index contributed by atoms with van der Waals surface area (Å²) in [5.41, 5.74) is 2.32. The van der Waals surface area contributed by atoms with E-state index in [0.717, 1.165) is 5.56 Å². The van der Waals surface area contributed by atoms with Crippen molar-refractivity contribution in [3.05, 3.63) is 53.6 Å². The van der Waals surface area contributed by atoms with Gasteiger partial charge in [-0.3, -0.25) is 4.79 Å². The molecule has 1 amide bonds. The van der Waals surface area contributed by atoms with Crippen molar-refractivity contribution in [2.24, 2.45) is 0 Å². The van der Waals surface area contributed by atoms with Gasteiger partial charge < -0.3 is 24.3 Å². The molecule has 0 heterocycles. The van der Waals surface area contributed by atoms with Gasteiger partial charge in [0.05, 0.1) is 21.3 Å². The van der Waals surface area contributed by atoms with E-state index in [2.05, 4.69) is 5.32 Å². The maximum Gasteiger partial charge on any atom is 0.331 e. The van der Waals surface area contributed by atoms with Crippen LogP contribution < -0.4 is 19.5 Å². The molecule has 0 unspecified atom stereocenters. The summed E-state index contributed by atoms with van der Waals surface area (Å²) in [4.78, 5) is 24.2. The Bertz CT molecular complexity index is 920. The first-order valence-corrected chi connectivity index (χ1v) is 9.43. The predicted molar refractivity (Wildman–Crippen MR) is 115 cm³/mol. The molecule has 0 fully saturated rings. The molecule has 0 aromatic heterocycles. The van der Waals surface area contributed by atoms with Crippen molar-refractivity contribution in [3.8, 4) is 17.2 Å². The average Bonchev–Trinajstić information content (AvgIpc) is 2.75. The first-order chi connectivity index (χ1) is 14.4. The van der Waals surface area contributed by atoms with Crippen LogP contribution in [0.4, 0.5) is 5.69 Å². The van der Waals surface area contributed by atoms with Gasteiger partial charge in [0.15, 0.2) is 18.1 Å². The Labute approximate surface area is 176 Å². The molecule has 7 nitrogen and oxygen atoms in total. The second-order valence-corrected chi connectivity index (χ2v) is 6.68. The van der Waals surface area contributed by atoms with Gasteiger partial charge in [-0.25, -0.2) is 4.79 Å². The van der Waals surface area contributed by atoms with Crippen LogP contribution >= 0.6 is 0 Å². The van der Waals surface area contributed by atoms with E-state index in [-0.39, 0.29) is 5.92 Å². The SMILES string of the molecule is COc1cc(OC)c(OC)cc1/C=C/C(=O)OCC(=O)Nc1ccccc1C(C)C. The van der Waals surface area contributed by atoms with E-state index in [4.69, 9.17) is 18.9 Å². The molecule has 2 aromatic carbocycles. The Balaban J connectivity index is 1.99. The molecule has 30 heavy (non-hydrogen) atoms. The van der Waals surface area contributed by atoms with E-state index in [1.54, 1.807) is 12.1 Å². The lowest BCUT2D eigenvalue weighted by molar-refractivity contribution is -0.142. The molecule has 0 spiro atoms. The van der Waals surface area contributed by atoms with Gasteiger partial charge in [-0.2, -0.15) is 0 Å². The number of carbonyl (C=O) groups excluding carboxylic acids is 2. The summed E-state index contributed by atoms with van der Waals surface area (Å²) in [6.45, 7) is 3.69. The molecular formula is C23H27NO6. The standard InChI is InChI=1S/C23H27NO6/c1-15(2)17-8-6-7-9-18(17)24-22(25)14-30-23(26)11-10-16-12-20(28-4)21(29-5)13-19(16)27-3/h6-13,15H,14H2,1-5H3,(H,24,25)/b11-10+. The normalized spacial score (nSPS) is 10.7. The number of hydrogen-bond acceptors (Lipinski definition) is 6. The Morgan fingerprint density at radius 3 is 2.23 bits per heavy atom. The molecule has 2 rings (SSSR count). The lowest BCUT2D eigenvalue weighted by atomic mass is 10.0. The number of ether oxygens (including phenoxy) is 4. The van der Waals surface area contributed by atoms with Crippen molar-refractivity contribution in [3.63, 3.8) is 0 Å². The van der Waals surface area contributed by atoms with Gasteiger partial charge in [-0.15, -0.1) is 0 Å². The van der Waals surface area contributed by atoms with E-state index in [1.807, 2.05) is 38.1 Å². The molecule has 1 N–H and O–H groups in total. The van der Waals surface area contributed by atoms with Gasteiger partial charge in [0.1, 0.15) is 5.75 Å². The molecule has 0 aliphatic heterocycles. The Hall–Kier alpha value is -3.48. The molecule has 0 bridgehead atoms. The fraction of sp³-hybridized carbons (Fsp3) is 0.304. The Morgan fingerprint density at radius 2 is 1.60 bits per heavy atom. The van der Waals surface area contributed by atoms with Crippen molar-refractivity contribution in [2.75, 3.05) is 33.3 Å². The van der Waals surface area contributed by atoms with Crippen LogP contribution in [-0.2, 0) is 14.3 Å². The van der Waals surface area contributed by atoms with E-state index in [9.17, 15) is 9.59 Å². The van der Waals surface area contributed by atoms with Gasteiger partial charge in [-0.05, 0) is 29.7 Å². The summed E-state index contributed by atoms with van der Waals surface area (Å²) in [5.74, 6) is 0.692. The molecule has 0 atom stereocenters. The smallest absolute Gasteiger partial charge is 0.331 e. The highest BCUT2D eigenvalue weighted by Gasteiger charge is 2.12. The summed E-state index contributed by atoms with van der Waals surface area (Å²) < 4.78 is 20.8. The van der Waals surface area contributed by atoms with E-state index in [0.29, 0.717) is 28.5 Å². The fourth-order valence-electron chi connectivity index (χ4n) is 2.83. The largest absolute Gasteiger partial charge is 0.496 e. The minimum Gasteiger partial charge on any atom is -0.496 e. The second kappa shape index (κ2) is 10.9. The molecule has 0 saturated heterocycles. The number of nitrogens with one attached hydrogen (secondary N) is 1. The minimum atomic E-state index is -0.654. The van der Waals surface area contributed by atoms with Crippen LogP contribution in [-0.4, -0.2) is 39.8 Å². The van der Waals surface area contributed by atoms with Crippen LogP contribution in [0, 0.1) is 0 Å². The summed E-state index contributed by atoms with van der Waals surface area (Å²) >= 11 is 0. The fourth-order valence-corrected chi connectivity index (χ4v) is 2.83. The van der Waals surface area contributed by atoms with Crippen LogP contribution in [0.5, 0.6) is 17.2 Å². The van der Waals surface area contributed by atoms with Crippen LogP contribution in [0.25, 0.3) is 6.08 Å². The molecule has 2 aromatic rings. The van der Waals surface area contributed by atoms with Gasteiger partial charge in [0.2, 0.25) is 0 Å². The van der Waals surface area contributed by atoms with Crippen molar-refractivity contribution in [2.45, 2.75) is 19.8 Å². The maximum absolute atomic E-state index is 12.2. The van der Waals surface area contributed by atoms with Gasteiger partial charge in [0.25, 0.3) is 5.91 Å². The number of amides is 1. The number of esters is 1. The molecular weight excluding hydrogens is 386 g/mol. The molecule has 0 radical (unpaired) electrons. The first kappa shape index (κ1) is 22.8. The summed E-state index contributed by atoms with van der Waals surface area (Å²) in [7, 11) is 4.55. The molecule has 0 aliphatic rings. The van der Waals surface area contributed by atoms with E-state index in [1.165, 1.54) is 33.5 Å². The highest BCUT2D eigenvalue weighted by atomic mass is 16.5. The highest BCUT2D eigenvalue weighted by Crippen LogP contribution is 2.35. The van der Waals surface area contributed by atoms with Crippen molar-refractivity contribution in [1.82, 2.24) is 0 Å². The third-order valence-electron chi connectivity index (χ3n) is 4.34. The molecule has 0 saturated carbocycles. The van der Waals surface area contributed by atoms with Crippen molar-refractivity contribution >= 4 is 23.6 Å². The van der Waals surface area contributed by atoms with E-state index < -0.39 is 18.5 Å². The number of carbonyl (C=O) groups is 2. The topological polar surface area (TPSA) is 83.1 Å². The third-order valence-corrected chi connectivity index (χ3v) is 4.34. The number of benzene rings is 2. The summed E-state index contributed by atoms with van der Waals surface area (Å²) in [6, 6.07) is 10.9. The molecule has 7 heteroatoms. The number of para-hydroxylation sites is 1. The molecule has 0 aliphatic carbocycles. The van der Waals surface area contributed by atoms with E-state index >= 15 is 0 Å². The first-order valence-electron chi connectivity index (χ1n) is 9.43. The Kier molecular flexibility index (Phi) is 8.29. The van der Waals surface area contributed by atoms with Gasteiger partial charge >= 0.3 is 5.97 Å². The zero-order valence-electron chi connectivity index (χ0n) is 17.9. The number of anilines is 1. The quantitative estimate of drug-likeness (QED) is 0.494. The van der Waals surface area contributed by atoms with Gasteiger partial charge in [-0.1, -0.05) is 32.0 Å². The number of methoxy groups -OCH3 is 3. The second-order valence-electron chi connectivity index (χ2n) is 6.68. The predicted octanol–water partition coefficient (Wildman–Crippen LogP) is 4.03. The van der Waals surface area contributed by atoms with Crippen LogP contribution in [0.15, 0.2) is 42.5 Å². The lowest BCUT2D eigenvalue weighted by Crippen LogP contribution is -2.21. The number of rotatable bonds is 9. The van der Waals surface area contributed by atoms with Crippen molar-refractivity contribution in [1.29, 1.82) is 0 Å². The Morgan fingerprint density at radius 1 is 0.967 bits per heavy atom. The summed E-state index contributed by atoms with van der Waals surface area (Å²) in [6.07, 6.45) is 2.74. The van der Waals surface area contributed by atoms with Gasteiger partial charge in [0, 0.05) is 23.4 Å². The van der Waals surface area contributed by atoms with Crippen molar-refractivity contribution < 1.29 is 28.5 Å². The lowest BCUT2D eigenvalue weighted by Gasteiger charge is -2.13. The third kappa shape index (κ3) is 6.01. The maximum atomic E-state index is 12.2. The number of hydrogen-bond donors (Lipinski definition) is 1. The average molecular weight is 413 g/mol. The molecule has 160 valence electrons. The van der Waals surface area contributed by atoms with Crippen LogP contribution in [0.1, 0.15) is 30.9 Å². The zero-order valence-corrected chi connectivity index (χ0v) is 17.9.